The van der Waals surface area contributed by atoms with Gasteiger partial charge in [0.1, 0.15) is 17.7 Å². The molecule has 1 amide bonds. The maximum Gasteiger partial charge on any atom is 0.239 e. The number of rotatable bonds is 5. The lowest BCUT2D eigenvalue weighted by Crippen LogP contribution is -2.36. The minimum absolute atomic E-state index is 0.0573. The van der Waals surface area contributed by atoms with Gasteiger partial charge in [0.2, 0.25) is 5.91 Å². The SMILES string of the molecule is CC(C)CNC(C(N)=O)c1cc(F)ccc1F. The van der Waals surface area contributed by atoms with Crippen LogP contribution in [0, 0.1) is 17.6 Å². The fourth-order valence-corrected chi connectivity index (χ4v) is 1.45. The molecule has 3 N–H and O–H groups in total. The first-order valence-electron chi connectivity index (χ1n) is 5.39. The highest BCUT2D eigenvalue weighted by molar-refractivity contribution is 5.81. The van der Waals surface area contributed by atoms with Gasteiger partial charge in [0, 0.05) is 5.56 Å². The van der Waals surface area contributed by atoms with E-state index in [-0.39, 0.29) is 11.5 Å². The Morgan fingerprint density at radius 2 is 2.06 bits per heavy atom. The number of carbonyl (C=O) groups excluding carboxylic acids is 1. The van der Waals surface area contributed by atoms with Crippen LogP contribution in [0.15, 0.2) is 18.2 Å². The first-order valence-corrected chi connectivity index (χ1v) is 5.39. The van der Waals surface area contributed by atoms with E-state index < -0.39 is 23.6 Å². The maximum absolute atomic E-state index is 13.5. The van der Waals surface area contributed by atoms with Gasteiger partial charge in [-0.3, -0.25) is 4.79 Å². The predicted octanol–water partition coefficient (Wildman–Crippen LogP) is 1.74. The number of primary amides is 1. The molecule has 0 saturated heterocycles. The summed E-state index contributed by atoms with van der Waals surface area (Å²) in [5, 5.41) is 2.82. The highest BCUT2D eigenvalue weighted by Crippen LogP contribution is 2.18. The van der Waals surface area contributed by atoms with Gasteiger partial charge < -0.3 is 11.1 Å². The average molecular weight is 242 g/mol. The highest BCUT2D eigenvalue weighted by Gasteiger charge is 2.21. The number of amides is 1. The van der Waals surface area contributed by atoms with Crippen LogP contribution in [0.3, 0.4) is 0 Å². The summed E-state index contributed by atoms with van der Waals surface area (Å²) in [6.45, 7) is 4.36. The lowest BCUT2D eigenvalue weighted by molar-refractivity contribution is -0.120. The maximum atomic E-state index is 13.5. The molecule has 0 aromatic heterocycles. The second-order valence-electron chi connectivity index (χ2n) is 4.30. The Balaban J connectivity index is 2.97. The first-order chi connectivity index (χ1) is 7.91. The fourth-order valence-electron chi connectivity index (χ4n) is 1.45. The van der Waals surface area contributed by atoms with E-state index in [1.165, 1.54) is 0 Å². The second kappa shape index (κ2) is 5.72. The molecule has 0 aliphatic carbocycles. The normalized spacial score (nSPS) is 12.8. The van der Waals surface area contributed by atoms with Crippen LogP contribution in [0.25, 0.3) is 0 Å². The van der Waals surface area contributed by atoms with Gasteiger partial charge in [-0.1, -0.05) is 13.8 Å². The monoisotopic (exact) mass is 242 g/mol. The molecule has 0 aliphatic heterocycles. The number of nitrogens with one attached hydrogen (secondary N) is 1. The lowest BCUT2D eigenvalue weighted by Gasteiger charge is -2.17. The number of hydrogen-bond acceptors (Lipinski definition) is 2. The summed E-state index contributed by atoms with van der Waals surface area (Å²) in [5.41, 5.74) is 5.13. The van der Waals surface area contributed by atoms with Crippen molar-refractivity contribution in [2.45, 2.75) is 19.9 Å². The molecule has 5 heteroatoms. The molecule has 1 aromatic rings. The van der Waals surface area contributed by atoms with Crippen LogP contribution < -0.4 is 11.1 Å². The smallest absolute Gasteiger partial charge is 0.239 e. The molecule has 3 nitrogen and oxygen atoms in total. The third kappa shape index (κ3) is 3.78. The van der Waals surface area contributed by atoms with Crippen molar-refractivity contribution in [2.75, 3.05) is 6.54 Å². The van der Waals surface area contributed by atoms with Crippen LogP contribution in [0.4, 0.5) is 8.78 Å². The molecular weight excluding hydrogens is 226 g/mol. The zero-order chi connectivity index (χ0) is 13.0. The van der Waals surface area contributed by atoms with E-state index in [9.17, 15) is 13.6 Å². The Morgan fingerprint density at radius 3 is 2.59 bits per heavy atom. The summed E-state index contributed by atoms with van der Waals surface area (Å²) in [7, 11) is 0. The number of carbonyl (C=O) groups is 1. The minimum Gasteiger partial charge on any atom is -0.368 e. The second-order valence-corrected chi connectivity index (χ2v) is 4.30. The zero-order valence-corrected chi connectivity index (χ0v) is 9.84. The summed E-state index contributed by atoms with van der Waals surface area (Å²) >= 11 is 0. The van der Waals surface area contributed by atoms with Crippen LogP contribution in [0.5, 0.6) is 0 Å². The summed E-state index contributed by atoms with van der Waals surface area (Å²) in [6.07, 6.45) is 0. The van der Waals surface area contributed by atoms with Crippen molar-refractivity contribution in [3.8, 4) is 0 Å². The Morgan fingerprint density at radius 1 is 1.41 bits per heavy atom. The van der Waals surface area contributed by atoms with Crippen molar-refractivity contribution in [1.29, 1.82) is 0 Å². The molecule has 1 unspecified atom stereocenters. The third-order valence-electron chi connectivity index (χ3n) is 2.28. The number of hydrogen-bond donors (Lipinski definition) is 2. The van der Waals surface area contributed by atoms with Crippen LogP contribution in [0.2, 0.25) is 0 Å². The Bertz CT molecular complexity index is 407. The summed E-state index contributed by atoms with van der Waals surface area (Å²) in [6, 6.07) is 1.96. The Labute approximate surface area is 99.0 Å². The van der Waals surface area contributed by atoms with Crippen LogP contribution >= 0.6 is 0 Å². The van der Waals surface area contributed by atoms with Gasteiger partial charge in [-0.05, 0) is 30.7 Å². The molecule has 0 saturated carbocycles. The molecule has 94 valence electrons. The van der Waals surface area contributed by atoms with Gasteiger partial charge in [-0.15, -0.1) is 0 Å². The fraction of sp³-hybridized carbons (Fsp3) is 0.417. The van der Waals surface area contributed by atoms with Gasteiger partial charge in [0.25, 0.3) is 0 Å². The number of nitrogens with two attached hydrogens (primary N) is 1. The standard InChI is InChI=1S/C12H16F2N2O/c1-7(2)6-16-11(12(15)17)9-5-8(13)3-4-10(9)14/h3-5,7,11,16H,6H2,1-2H3,(H2,15,17). The Hall–Kier alpha value is -1.49. The highest BCUT2D eigenvalue weighted by atomic mass is 19.1. The van der Waals surface area contributed by atoms with Gasteiger partial charge in [-0.25, -0.2) is 8.78 Å². The van der Waals surface area contributed by atoms with E-state index in [1.807, 2.05) is 13.8 Å². The molecule has 17 heavy (non-hydrogen) atoms. The first kappa shape index (κ1) is 13.6. The van der Waals surface area contributed by atoms with Gasteiger partial charge >= 0.3 is 0 Å². The molecular formula is C12H16F2N2O. The van der Waals surface area contributed by atoms with E-state index in [1.54, 1.807) is 0 Å². The van der Waals surface area contributed by atoms with Crippen molar-refractivity contribution in [3.05, 3.63) is 35.4 Å². The Kier molecular flexibility index (Phi) is 4.57. The van der Waals surface area contributed by atoms with Gasteiger partial charge in [-0.2, -0.15) is 0 Å². The van der Waals surface area contributed by atoms with E-state index in [0.29, 0.717) is 6.54 Å². The quantitative estimate of drug-likeness (QED) is 0.826. The molecule has 0 bridgehead atoms. The molecule has 0 heterocycles. The zero-order valence-electron chi connectivity index (χ0n) is 9.84. The topological polar surface area (TPSA) is 55.1 Å². The number of halogens is 2. The van der Waals surface area contributed by atoms with Crippen molar-refractivity contribution >= 4 is 5.91 Å². The average Bonchev–Trinajstić information content (AvgIpc) is 2.22. The molecule has 1 rings (SSSR count). The largest absolute Gasteiger partial charge is 0.368 e. The number of benzene rings is 1. The minimum atomic E-state index is -1.01. The lowest BCUT2D eigenvalue weighted by atomic mass is 10.0. The van der Waals surface area contributed by atoms with Crippen molar-refractivity contribution in [3.63, 3.8) is 0 Å². The van der Waals surface area contributed by atoms with Crippen molar-refractivity contribution in [2.24, 2.45) is 11.7 Å². The molecule has 1 atom stereocenters. The van der Waals surface area contributed by atoms with E-state index in [0.717, 1.165) is 18.2 Å². The van der Waals surface area contributed by atoms with E-state index in [2.05, 4.69) is 5.32 Å². The van der Waals surface area contributed by atoms with Crippen molar-refractivity contribution in [1.82, 2.24) is 5.32 Å². The molecule has 1 aromatic carbocycles. The summed E-state index contributed by atoms with van der Waals surface area (Å²) < 4.78 is 26.5. The van der Waals surface area contributed by atoms with E-state index in [4.69, 9.17) is 5.73 Å². The molecule has 0 aliphatic rings. The third-order valence-corrected chi connectivity index (χ3v) is 2.28. The van der Waals surface area contributed by atoms with Gasteiger partial charge in [0.05, 0.1) is 0 Å². The predicted molar refractivity (Wildman–Crippen MR) is 61.1 cm³/mol. The molecule has 0 fully saturated rings. The summed E-state index contributed by atoms with van der Waals surface area (Å²) in [5.74, 6) is -1.70. The van der Waals surface area contributed by atoms with Crippen LogP contribution in [0.1, 0.15) is 25.5 Å². The van der Waals surface area contributed by atoms with Gasteiger partial charge in [0.15, 0.2) is 0 Å². The molecule has 0 radical (unpaired) electrons. The van der Waals surface area contributed by atoms with Crippen LogP contribution in [-0.2, 0) is 4.79 Å². The summed E-state index contributed by atoms with van der Waals surface area (Å²) in [4.78, 5) is 11.2. The molecule has 0 spiro atoms. The van der Waals surface area contributed by atoms with E-state index >= 15 is 0 Å². The van der Waals surface area contributed by atoms with Crippen LogP contribution in [-0.4, -0.2) is 12.5 Å². The van der Waals surface area contributed by atoms with Crippen molar-refractivity contribution < 1.29 is 13.6 Å².